The minimum atomic E-state index is -4.10. The number of hydrogen-bond acceptors (Lipinski definition) is 3. The molecule has 0 spiro atoms. The molecule has 0 atom stereocenters. The van der Waals surface area contributed by atoms with Gasteiger partial charge in [0.2, 0.25) is 10.0 Å². The second-order valence-corrected chi connectivity index (χ2v) is 6.52. The lowest BCUT2D eigenvalue weighted by Gasteiger charge is -2.15. The van der Waals surface area contributed by atoms with E-state index in [0.717, 1.165) is 0 Å². The van der Waals surface area contributed by atoms with E-state index in [1.807, 2.05) is 0 Å². The SMILES string of the molecule is Cl.NCC(F)(F)CNS(=O)(=O)c1cc(Br)ccc1Cl. The summed E-state index contributed by atoms with van der Waals surface area (Å²) in [5, 5.41) is -0.0539. The van der Waals surface area contributed by atoms with Crippen molar-refractivity contribution < 1.29 is 17.2 Å². The summed E-state index contributed by atoms with van der Waals surface area (Å²) in [6.07, 6.45) is 0. The molecule has 0 amide bonds. The van der Waals surface area contributed by atoms with Crippen molar-refractivity contribution in [2.24, 2.45) is 5.73 Å². The van der Waals surface area contributed by atoms with E-state index in [-0.39, 0.29) is 22.3 Å². The van der Waals surface area contributed by atoms with E-state index in [1.165, 1.54) is 18.2 Å². The van der Waals surface area contributed by atoms with E-state index in [4.69, 9.17) is 17.3 Å². The van der Waals surface area contributed by atoms with Gasteiger partial charge in [-0.25, -0.2) is 21.9 Å². The number of alkyl halides is 2. The van der Waals surface area contributed by atoms with Crippen molar-refractivity contribution >= 4 is 50.0 Å². The van der Waals surface area contributed by atoms with Crippen LogP contribution in [0.4, 0.5) is 8.78 Å². The molecule has 4 nitrogen and oxygen atoms in total. The van der Waals surface area contributed by atoms with Crippen molar-refractivity contribution in [2.75, 3.05) is 13.1 Å². The summed E-state index contributed by atoms with van der Waals surface area (Å²) in [4.78, 5) is -0.272. The summed E-state index contributed by atoms with van der Waals surface area (Å²) in [5.41, 5.74) is 4.81. The van der Waals surface area contributed by atoms with Gasteiger partial charge in [0.1, 0.15) is 4.90 Å². The second kappa shape index (κ2) is 7.14. The molecule has 0 bridgehead atoms. The van der Waals surface area contributed by atoms with Crippen LogP contribution in [0.2, 0.25) is 5.02 Å². The topological polar surface area (TPSA) is 72.2 Å². The third-order valence-electron chi connectivity index (χ3n) is 2.00. The highest BCUT2D eigenvalue weighted by Gasteiger charge is 2.30. The predicted octanol–water partition coefficient (Wildman–Crippen LogP) is 2.40. The standard InChI is InChI=1S/C9H10BrClF2N2O2S.ClH/c10-6-1-2-7(11)8(3-6)18(16,17)15-5-9(12,13)4-14;/h1-3,15H,4-5,14H2;1H. The van der Waals surface area contributed by atoms with Crippen LogP contribution < -0.4 is 10.5 Å². The lowest BCUT2D eigenvalue weighted by atomic mass is 10.3. The number of hydrogen-bond donors (Lipinski definition) is 2. The Kier molecular flexibility index (Phi) is 7.15. The summed E-state index contributed by atoms with van der Waals surface area (Å²) < 4.78 is 51.6. The summed E-state index contributed by atoms with van der Waals surface area (Å²) in [6, 6.07) is 4.11. The fraction of sp³-hybridized carbons (Fsp3) is 0.333. The van der Waals surface area contributed by atoms with Crippen LogP contribution in [0, 0.1) is 0 Å². The number of nitrogens with one attached hydrogen (secondary N) is 1. The highest BCUT2D eigenvalue weighted by atomic mass is 79.9. The Labute approximate surface area is 129 Å². The smallest absolute Gasteiger partial charge is 0.273 e. The molecule has 1 aromatic rings. The van der Waals surface area contributed by atoms with Crippen molar-refractivity contribution in [3.63, 3.8) is 0 Å². The first-order valence-electron chi connectivity index (χ1n) is 4.70. The summed E-state index contributed by atoms with van der Waals surface area (Å²) >= 11 is 8.79. The maximum absolute atomic E-state index is 12.9. The average Bonchev–Trinajstić information content (AvgIpc) is 2.30. The van der Waals surface area contributed by atoms with Gasteiger partial charge < -0.3 is 5.73 Å². The van der Waals surface area contributed by atoms with Crippen LogP contribution in [0.3, 0.4) is 0 Å². The third kappa shape index (κ3) is 5.49. The Hall–Kier alpha value is 0.01000. The molecule has 110 valence electrons. The molecule has 0 unspecified atom stereocenters. The first-order chi connectivity index (χ1) is 8.18. The lowest BCUT2D eigenvalue weighted by Crippen LogP contribution is -2.41. The number of nitrogens with two attached hydrogens (primary N) is 1. The highest BCUT2D eigenvalue weighted by molar-refractivity contribution is 9.10. The molecule has 0 radical (unpaired) electrons. The monoisotopic (exact) mass is 398 g/mol. The van der Waals surface area contributed by atoms with Crippen LogP contribution >= 0.6 is 39.9 Å². The molecule has 0 aliphatic carbocycles. The molecule has 0 saturated carbocycles. The summed E-state index contributed by atoms with van der Waals surface area (Å²) in [6.45, 7) is -2.02. The van der Waals surface area contributed by atoms with Crippen molar-refractivity contribution in [2.45, 2.75) is 10.8 Å². The quantitative estimate of drug-likeness (QED) is 0.798. The van der Waals surface area contributed by atoms with E-state index in [1.54, 1.807) is 4.72 Å². The Balaban J connectivity index is 0.00000324. The number of benzene rings is 1. The van der Waals surface area contributed by atoms with Gasteiger partial charge in [0.15, 0.2) is 0 Å². The normalized spacial score (nSPS) is 12.1. The maximum atomic E-state index is 12.9. The van der Waals surface area contributed by atoms with Crippen molar-refractivity contribution in [1.82, 2.24) is 4.72 Å². The summed E-state index contributed by atoms with van der Waals surface area (Å²) in [7, 11) is -4.10. The molecule has 0 saturated heterocycles. The first-order valence-corrected chi connectivity index (χ1v) is 7.36. The maximum Gasteiger partial charge on any atom is 0.273 e. The van der Waals surface area contributed by atoms with Gasteiger partial charge in [0.25, 0.3) is 5.92 Å². The molecule has 10 heteroatoms. The van der Waals surface area contributed by atoms with Gasteiger partial charge in [-0.15, -0.1) is 12.4 Å². The van der Waals surface area contributed by atoms with Gasteiger partial charge in [0, 0.05) is 4.47 Å². The van der Waals surface area contributed by atoms with Crippen LogP contribution in [0.15, 0.2) is 27.6 Å². The second-order valence-electron chi connectivity index (χ2n) is 3.46. The van der Waals surface area contributed by atoms with E-state index >= 15 is 0 Å². The Morgan fingerprint density at radius 3 is 2.53 bits per heavy atom. The Morgan fingerprint density at radius 2 is 2.00 bits per heavy atom. The molecule has 0 fully saturated rings. The lowest BCUT2D eigenvalue weighted by molar-refractivity contribution is 0.0170. The van der Waals surface area contributed by atoms with Crippen molar-refractivity contribution in [3.8, 4) is 0 Å². The molecule has 3 N–H and O–H groups in total. The average molecular weight is 400 g/mol. The van der Waals surface area contributed by atoms with E-state index in [9.17, 15) is 17.2 Å². The zero-order valence-corrected chi connectivity index (χ0v) is 13.3. The fourth-order valence-corrected chi connectivity index (χ4v) is 3.13. The van der Waals surface area contributed by atoms with Crippen LogP contribution in [-0.4, -0.2) is 27.4 Å². The van der Waals surface area contributed by atoms with E-state index in [0.29, 0.717) is 4.47 Å². The molecule has 0 heterocycles. The van der Waals surface area contributed by atoms with Crippen LogP contribution in [-0.2, 0) is 10.0 Å². The fourth-order valence-electron chi connectivity index (χ4n) is 1.03. The largest absolute Gasteiger partial charge is 0.325 e. The van der Waals surface area contributed by atoms with Crippen LogP contribution in [0.1, 0.15) is 0 Å². The predicted molar refractivity (Wildman–Crippen MR) is 75.6 cm³/mol. The van der Waals surface area contributed by atoms with Crippen molar-refractivity contribution in [3.05, 3.63) is 27.7 Å². The van der Waals surface area contributed by atoms with Crippen LogP contribution in [0.25, 0.3) is 0 Å². The molecule has 0 aliphatic heterocycles. The van der Waals surface area contributed by atoms with E-state index in [2.05, 4.69) is 15.9 Å². The zero-order valence-electron chi connectivity index (χ0n) is 9.37. The molecule has 1 aromatic carbocycles. The van der Waals surface area contributed by atoms with Gasteiger partial charge >= 0.3 is 0 Å². The molecule has 0 aliphatic rings. The van der Waals surface area contributed by atoms with Gasteiger partial charge in [0.05, 0.1) is 18.1 Å². The van der Waals surface area contributed by atoms with E-state index < -0.39 is 29.0 Å². The highest BCUT2D eigenvalue weighted by Crippen LogP contribution is 2.25. The van der Waals surface area contributed by atoms with Gasteiger partial charge in [-0.1, -0.05) is 27.5 Å². The Morgan fingerprint density at radius 1 is 1.42 bits per heavy atom. The summed E-state index contributed by atoms with van der Waals surface area (Å²) in [5.74, 6) is -3.30. The molecule has 1 rings (SSSR count). The molecule has 19 heavy (non-hydrogen) atoms. The minimum absolute atomic E-state index is 0. The van der Waals surface area contributed by atoms with Crippen LogP contribution in [0.5, 0.6) is 0 Å². The molecular weight excluding hydrogens is 389 g/mol. The first kappa shape index (κ1) is 19.0. The molecule has 0 aromatic heterocycles. The number of sulfonamides is 1. The van der Waals surface area contributed by atoms with Gasteiger partial charge in [-0.3, -0.25) is 0 Å². The number of halogens is 5. The van der Waals surface area contributed by atoms with Gasteiger partial charge in [-0.05, 0) is 18.2 Å². The zero-order chi connectivity index (χ0) is 14.0. The van der Waals surface area contributed by atoms with Gasteiger partial charge in [-0.2, -0.15) is 0 Å². The third-order valence-corrected chi connectivity index (χ3v) is 4.38. The number of rotatable bonds is 5. The molecular formula is C9H11BrCl2F2N2O2S. The minimum Gasteiger partial charge on any atom is -0.325 e. The Bertz CT molecular complexity index is 543. The van der Waals surface area contributed by atoms with Crippen molar-refractivity contribution in [1.29, 1.82) is 0 Å².